The average Bonchev–Trinajstić information content (AvgIpc) is 3.29. The second kappa shape index (κ2) is 6.47. The lowest BCUT2D eigenvalue weighted by Crippen LogP contribution is -2.06. The van der Waals surface area contributed by atoms with Crippen LogP contribution in [0.1, 0.15) is 11.3 Å². The normalized spacial score (nSPS) is 11.0. The summed E-state index contributed by atoms with van der Waals surface area (Å²) in [5, 5.41) is 4.45. The fourth-order valence-electron chi connectivity index (χ4n) is 2.53. The van der Waals surface area contributed by atoms with Gasteiger partial charge >= 0.3 is 0 Å². The van der Waals surface area contributed by atoms with E-state index in [4.69, 9.17) is 4.42 Å². The van der Waals surface area contributed by atoms with Crippen molar-refractivity contribution in [3.8, 4) is 23.1 Å². The maximum atomic E-state index is 14.0. The molecule has 0 N–H and O–H groups in total. The van der Waals surface area contributed by atoms with Crippen molar-refractivity contribution in [2.24, 2.45) is 0 Å². The van der Waals surface area contributed by atoms with Crippen LogP contribution >= 0.6 is 0 Å². The Morgan fingerprint density at radius 3 is 2.69 bits per heavy atom. The molecule has 0 amide bonds. The Morgan fingerprint density at radius 2 is 1.96 bits per heavy atom. The molecule has 1 aromatic carbocycles. The van der Waals surface area contributed by atoms with Crippen molar-refractivity contribution >= 4 is 0 Å². The molecular formula is C18H13F2N5O. The topological polar surface area (TPSA) is 69.6 Å². The van der Waals surface area contributed by atoms with Crippen molar-refractivity contribution < 1.29 is 13.2 Å². The molecule has 4 aromatic rings. The number of nitrogens with zero attached hydrogens (tertiary/aromatic N) is 5. The van der Waals surface area contributed by atoms with Gasteiger partial charge in [-0.15, -0.1) is 0 Å². The SMILES string of the molecule is Cc1nc(-c2cc(-c3ncco3)n(Cc3ccccc3F)n2)ncc1F. The van der Waals surface area contributed by atoms with Crippen LogP contribution in [0.3, 0.4) is 0 Å². The summed E-state index contributed by atoms with van der Waals surface area (Å²) in [7, 11) is 0. The monoisotopic (exact) mass is 353 g/mol. The predicted octanol–water partition coefficient (Wildman–Crippen LogP) is 3.63. The van der Waals surface area contributed by atoms with Crippen LogP contribution in [-0.2, 0) is 6.54 Å². The number of aryl methyl sites for hydroxylation is 1. The fraction of sp³-hybridized carbons (Fsp3) is 0.111. The molecule has 0 unspecified atom stereocenters. The van der Waals surface area contributed by atoms with E-state index in [-0.39, 0.29) is 23.9 Å². The summed E-state index contributed by atoms with van der Waals surface area (Å²) >= 11 is 0. The number of oxazole rings is 1. The van der Waals surface area contributed by atoms with Crippen LogP contribution in [-0.4, -0.2) is 24.7 Å². The van der Waals surface area contributed by atoms with Gasteiger partial charge in [-0.25, -0.2) is 23.7 Å². The molecule has 4 rings (SSSR count). The molecule has 8 heteroatoms. The molecule has 0 saturated heterocycles. The molecule has 130 valence electrons. The second-order valence-electron chi connectivity index (χ2n) is 5.63. The predicted molar refractivity (Wildman–Crippen MR) is 88.9 cm³/mol. The van der Waals surface area contributed by atoms with Gasteiger partial charge < -0.3 is 4.42 Å². The highest BCUT2D eigenvalue weighted by Gasteiger charge is 2.18. The first kappa shape index (κ1) is 16.1. The lowest BCUT2D eigenvalue weighted by atomic mass is 10.2. The standard InChI is InChI=1S/C18H13F2N5O/c1-11-14(20)9-22-17(23-11)15-8-16(18-21-6-7-26-18)25(24-15)10-12-4-2-3-5-13(12)19/h2-9H,10H2,1H3. The molecule has 0 aliphatic heterocycles. The molecule has 0 aliphatic carbocycles. The van der Waals surface area contributed by atoms with Crippen molar-refractivity contribution in [2.45, 2.75) is 13.5 Å². The van der Waals surface area contributed by atoms with Crippen LogP contribution < -0.4 is 0 Å². The molecule has 3 heterocycles. The molecule has 0 saturated carbocycles. The number of hydrogen-bond acceptors (Lipinski definition) is 5. The first-order valence-electron chi connectivity index (χ1n) is 7.82. The third-order valence-corrected chi connectivity index (χ3v) is 3.86. The number of rotatable bonds is 4. The van der Waals surface area contributed by atoms with Crippen molar-refractivity contribution in [1.29, 1.82) is 0 Å². The lowest BCUT2D eigenvalue weighted by Gasteiger charge is -2.06. The van der Waals surface area contributed by atoms with E-state index in [9.17, 15) is 8.78 Å². The first-order chi connectivity index (χ1) is 12.6. The number of halogens is 2. The van der Waals surface area contributed by atoms with Gasteiger partial charge in [0.1, 0.15) is 23.5 Å². The molecule has 0 aliphatic rings. The van der Waals surface area contributed by atoms with Gasteiger partial charge in [0.2, 0.25) is 5.89 Å². The molecule has 6 nitrogen and oxygen atoms in total. The molecule has 0 bridgehead atoms. The van der Waals surface area contributed by atoms with Crippen LogP contribution in [0, 0.1) is 18.6 Å². The van der Waals surface area contributed by atoms with Crippen molar-refractivity contribution in [1.82, 2.24) is 24.7 Å². The largest absolute Gasteiger partial charge is 0.443 e. The van der Waals surface area contributed by atoms with Gasteiger partial charge in [-0.3, -0.25) is 4.68 Å². The maximum absolute atomic E-state index is 14.0. The number of hydrogen-bond donors (Lipinski definition) is 0. The van der Waals surface area contributed by atoms with Crippen molar-refractivity contribution in [2.75, 3.05) is 0 Å². The van der Waals surface area contributed by atoms with E-state index in [1.54, 1.807) is 35.9 Å². The van der Waals surface area contributed by atoms with E-state index in [2.05, 4.69) is 20.1 Å². The van der Waals surface area contributed by atoms with E-state index in [0.717, 1.165) is 6.20 Å². The maximum Gasteiger partial charge on any atom is 0.244 e. The van der Waals surface area contributed by atoms with Crippen LogP contribution in [0.4, 0.5) is 8.78 Å². The molecule has 0 atom stereocenters. The Kier molecular flexibility index (Phi) is 4.00. The summed E-state index contributed by atoms with van der Waals surface area (Å²) in [6.45, 7) is 1.72. The van der Waals surface area contributed by atoms with Crippen LogP contribution in [0.15, 0.2) is 53.4 Å². The Labute approximate surface area is 147 Å². The van der Waals surface area contributed by atoms with E-state index in [1.165, 1.54) is 18.5 Å². The highest BCUT2D eigenvalue weighted by molar-refractivity contribution is 5.59. The van der Waals surface area contributed by atoms with Gasteiger partial charge in [0.25, 0.3) is 0 Å². The summed E-state index contributed by atoms with van der Waals surface area (Å²) in [6.07, 6.45) is 4.04. The highest BCUT2D eigenvalue weighted by atomic mass is 19.1. The zero-order chi connectivity index (χ0) is 18.1. The molecular weight excluding hydrogens is 340 g/mol. The van der Waals surface area contributed by atoms with E-state index >= 15 is 0 Å². The lowest BCUT2D eigenvalue weighted by molar-refractivity contribution is 0.553. The zero-order valence-corrected chi connectivity index (χ0v) is 13.7. The van der Waals surface area contributed by atoms with Crippen LogP contribution in [0.25, 0.3) is 23.1 Å². The summed E-state index contributed by atoms with van der Waals surface area (Å²) in [5.41, 5.74) is 1.64. The fourth-order valence-corrected chi connectivity index (χ4v) is 2.53. The zero-order valence-electron chi connectivity index (χ0n) is 13.7. The summed E-state index contributed by atoms with van der Waals surface area (Å²) < 4.78 is 34.4. The smallest absolute Gasteiger partial charge is 0.244 e. The van der Waals surface area contributed by atoms with Crippen molar-refractivity contribution in [3.05, 3.63) is 71.9 Å². The van der Waals surface area contributed by atoms with E-state index < -0.39 is 5.82 Å². The summed E-state index contributed by atoms with van der Waals surface area (Å²) in [4.78, 5) is 12.2. The van der Waals surface area contributed by atoms with Gasteiger partial charge in [-0.1, -0.05) is 18.2 Å². The van der Waals surface area contributed by atoms with Crippen LogP contribution in [0.2, 0.25) is 0 Å². The van der Waals surface area contributed by atoms with Crippen molar-refractivity contribution in [3.63, 3.8) is 0 Å². The number of benzene rings is 1. The molecule has 0 spiro atoms. The average molecular weight is 353 g/mol. The molecule has 0 radical (unpaired) electrons. The third-order valence-electron chi connectivity index (χ3n) is 3.86. The van der Waals surface area contributed by atoms with Gasteiger partial charge in [0.15, 0.2) is 11.6 Å². The van der Waals surface area contributed by atoms with Gasteiger partial charge in [-0.2, -0.15) is 5.10 Å². The Morgan fingerprint density at radius 1 is 1.12 bits per heavy atom. The van der Waals surface area contributed by atoms with E-state index in [0.29, 0.717) is 22.8 Å². The Bertz CT molecular complexity index is 1060. The minimum Gasteiger partial charge on any atom is -0.443 e. The number of aromatic nitrogens is 5. The minimum atomic E-state index is -0.493. The highest BCUT2D eigenvalue weighted by Crippen LogP contribution is 2.25. The molecule has 3 aromatic heterocycles. The molecule has 0 fully saturated rings. The van der Waals surface area contributed by atoms with Gasteiger partial charge in [0, 0.05) is 11.6 Å². The van der Waals surface area contributed by atoms with Gasteiger partial charge in [0.05, 0.1) is 24.6 Å². The van der Waals surface area contributed by atoms with Gasteiger partial charge in [-0.05, 0) is 13.0 Å². The Balaban J connectivity index is 1.80. The first-order valence-corrected chi connectivity index (χ1v) is 7.82. The second-order valence-corrected chi connectivity index (χ2v) is 5.63. The summed E-state index contributed by atoms with van der Waals surface area (Å²) in [5.74, 6) is -0.229. The quantitative estimate of drug-likeness (QED) is 0.560. The van der Waals surface area contributed by atoms with E-state index in [1.807, 2.05) is 0 Å². The third kappa shape index (κ3) is 2.97. The Hall–Kier alpha value is -3.42. The molecule has 26 heavy (non-hydrogen) atoms. The van der Waals surface area contributed by atoms with Crippen LogP contribution in [0.5, 0.6) is 0 Å². The minimum absolute atomic E-state index is 0.171. The summed E-state index contributed by atoms with van der Waals surface area (Å²) in [6, 6.07) is 8.11.